The summed E-state index contributed by atoms with van der Waals surface area (Å²) in [6, 6.07) is 13.5. The molecular weight excluding hydrogens is 504 g/mol. The minimum atomic E-state index is -1.00. The first kappa shape index (κ1) is 26.6. The number of fused-ring (bicyclic) bond motifs is 2. The quantitative estimate of drug-likeness (QED) is 0.363. The van der Waals surface area contributed by atoms with E-state index >= 15 is 0 Å². The van der Waals surface area contributed by atoms with Crippen LogP contribution in [0.3, 0.4) is 0 Å². The Labute approximate surface area is 227 Å². The van der Waals surface area contributed by atoms with Gasteiger partial charge in [0.25, 0.3) is 5.56 Å². The van der Waals surface area contributed by atoms with Gasteiger partial charge in [0.15, 0.2) is 0 Å². The fourth-order valence-electron chi connectivity index (χ4n) is 5.05. The molecule has 9 heteroatoms. The molecule has 4 heterocycles. The van der Waals surface area contributed by atoms with E-state index < -0.39 is 5.60 Å². The predicted octanol–water partition coefficient (Wildman–Crippen LogP) is 4.00. The Kier molecular flexibility index (Phi) is 7.42. The minimum Gasteiger partial charge on any atom is -0.392 e. The smallest absolute Gasteiger partial charge is 0.250 e. The van der Waals surface area contributed by atoms with Gasteiger partial charge >= 0.3 is 0 Å². The largest absolute Gasteiger partial charge is 0.392 e. The lowest BCUT2D eigenvalue weighted by atomic mass is 9.84. The van der Waals surface area contributed by atoms with Crippen molar-refractivity contribution < 1.29 is 14.7 Å². The van der Waals surface area contributed by atoms with Crippen molar-refractivity contribution in [1.29, 1.82) is 0 Å². The maximum absolute atomic E-state index is 12.3. The number of benzene rings is 1. The fourth-order valence-corrected chi connectivity index (χ4v) is 5.16. The van der Waals surface area contributed by atoms with Crippen molar-refractivity contribution in [2.75, 3.05) is 19.7 Å². The molecule has 2 aromatic heterocycles. The number of hydrogen-bond acceptors (Lipinski definition) is 7. The van der Waals surface area contributed by atoms with Crippen molar-refractivity contribution >= 4 is 17.3 Å². The van der Waals surface area contributed by atoms with Crippen LogP contribution in [-0.2, 0) is 35.4 Å². The standard InChI is InChI=1S/C29H33ClN4O4/c1-28(2,36)19-38-32-27(25-9-8-23(30)15-31-25)21-6-4-20(5-7-21)16-34-12-10-29(11-13-34)24-14-26(35)33(3)17-22(24)18-37-29/h4-9,14-15,17,36H,10-13,16,18-19H2,1-3H3. The number of nitrogens with zero attached hydrogens (tertiary/aromatic N) is 4. The number of rotatable bonds is 7. The average Bonchev–Trinajstić information content (AvgIpc) is 3.21. The van der Waals surface area contributed by atoms with Crippen LogP contribution in [0.5, 0.6) is 0 Å². The number of piperidine rings is 1. The second-order valence-electron chi connectivity index (χ2n) is 10.8. The van der Waals surface area contributed by atoms with Crippen LogP contribution in [0.1, 0.15) is 54.6 Å². The second-order valence-corrected chi connectivity index (χ2v) is 11.2. The van der Waals surface area contributed by atoms with Crippen LogP contribution in [0.4, 0.5) is 0 Å². The van der Waals surface area contributed by atoms with E-state index in [1.54, 1.807) is 49.9 Å². The molecule has 0 bridgehead atoms. The van der Waals surface area contributed by atoms with Gasteiger partial charge in [0.2, 0.25) is 0 Å². The summed E-state index contributed by atoms with van der Waals surface area (Å²) in [5, 5.41) is 14.8. The molecule has 0 saturated carbocycles. The number of oxime groups is 1. The topological polar surface area (TPSA) is 89.2 Å². The number of aryl methyl sites for hydroxylation is 1. The van der Waals surface area contributed by atoms with Gasteiger partial charge in [0.05, 0.1) is 28.5 Å². The molecule has 2 aliphatic rings. The zero-order valence-electron chi connectivity index (χ0n) is 22.0. The van der Waals surface area contributed by atoms with E-state index in [1.807, 2.05) is 18.3 Å². The van der Waals surface area contributed by atoms with E-state index in [4.69, 9.17) is 21.2 Å². The molecule has 2 aliphatic heterocycles. The average molecular weight is 537 g/mol. The SMILES string of the molecule is Cn1cc2c(cc1=O)C1(CCN(Cc3ccc(C(=NOCC(C)(C)O)c4ccc(Cl)cn4)cc3)CC1)OC2. The summed E-state index contributed by atoms with van der Waals surface area (Å²) in [6.07, 6.45) is 5.21. The zero-order chi connectivity index (χ0) is 26.9. The van der Waals surface area contributed by atoms with E-state index in [0.29, 0.717) is 23.0 Å². The molecule has 8 nitrogen and oxygen atoms in total. The van der Waals surface area contributed by atoms with Crippen molar-refractivity contribution in [2.24, 2.45) is 12.2 Å². The summed E-state index contributed by atoms with van der Waals surface area (Å²) in [5.41, 5.74) is 4.10. The van der Waals surface area contributed by atoms with E-state index in [1.165, 1.54) is 5.56 Å². The van der Waals surface area contributed by atoms with Crippen LogP contribution in [0, 0.1) is 0 Å². The predicted molar refractivity (Wildman–Crippen MR) is 146 cm³/mol. The second kappa shape index (κ2) is 10.6. The summed E-state index contributed by atoms with van der Waals surface area (Å²) in [6.45, 7) is 6.56. The maximum Gasteiger partial charge on any atom is 0.250 e. The van der Waals surface area contributed by atoms with Crippen molar-refractivity contribution in [3.63, 3.8) is 0 Å². The van der Waals surface area contributed by atoms with E-state index in [2.05, 4.69) is 27.2 Å². The van der Waals surface area contributed by atoms with Crippen LogP contribution >= 0.6 is 11.6 Å². The van der Waals surface area contributed by atoms with Crippen molar-refractivity contribution in [2.45, 2.75) is 51.0 Å². The van der Waals surface area contributed by atoms with Crippen LogP contribution in [0.2, 0.25) is 5.02 Å². The number of ether oxygens (including phenoxy) is 1. The van der Waals surface area contributed by atoms with Crippen molar-refractivity contribution in [3.05, 3.63) is 98.2 Å². The molecule has 200 valence electrons. The van der Waals surface area contributed by atoms with Gasteiger partial charge in [0, 0.05) is 56.3 Å². The first-order chi connectivity index (χ1) is 18.1. The highest BCUT2D eigenvalue weighted by Gasteiger charge is 2.43. The first-order valence-corrected chi connectivity index (χ1v) is 13.2. The molecule has 1 N–H and O–H groups in total. The molecule has 5 rings (SSSR count). The Balaban J connectivity index is 1.26. The third kappa shape index (κ3) is 5.83. The monoisotopic (exact) mass is 536 g/mol. The molecule has 3 aromatic rings. The maximum atomic E-state index is 12.3. The van der Waals surface area contributed by atoms with Gasteiger partial charge in [-0.15, -0.1) is 0 Å². The Hall–Kier alpha value is -3.04. The number of hydrogen-bond donors (Lipinski definition) is 1. The van der Waals surface area contributed by atoms with Gasteiger partial charge in [-0.25, -0.2) is 0 Å². The normalized spacial score (nSPS) is 17.6. The van der Waals surface area contributed by atoms with Crippen molar-refractivity contribution in [1.82, 2.24) is 14.5 Å². The Morgan fingerprint density at radius 2 is 1.95 bits per heavy atom. The van der Waals surface area contributed by atoms with Crippen LogP contribution in [0.25, 0.3) is 0 Å². The Bertz CT molecular complexity index is 1370. The van der Waals surface area contributed by atoms with Gasteiger partial charge < -0.3 is 19.2 Å². The van der Waals surface area contributed by atoms with Gasteiger partial charge in [0.1, 0.15) is 12.3 Å². The van der Waals surface area contributed by atoms with Gasteiger partial charge in [-0.05, 0) is 49.9 Å². The molecule has 38 heavy (non-hydrogen) atoms. The number of halogens is 1. The summed E-state index contributed by atoms with van der Waals surface area (Å²) in [4.78, 5) is 24.5. The number of pyridine rings is 2. The number of likely N-dealkylation sites (tertiary alicyclic amines) is 1. The van der Waals surface area contributed by atoms with Gasteiger partial charge in [-0.2, -0.15) is 0 Å². The lowest BCUT2D eigenvalue weighted by Gasteiger charge is -2.39. The Morgan fingerprint density at radius 3 is 2.61 bits per heavy atom. The third-order valence-corrected chi connectivity index (χ3v) is 7.37. The van der Waals surface area contributed by atoms with E-state index in [9.17, 15) is 9.90 Å². The van der Waals surface area contributed by atoms with E-state index in [-0.39, 0.29) is 17.8 Å². The fraction of sp³-hybridized carbons (Fsp3) is 0.414. The molecule has 1 saturated heterocycles. The summed E-state index contributed by atoms with van der Waals surface area (Å²) >= 11 is 6.02. The molecule has 0 aliphatic carbocycles. The first-order valence-electron chi connectivity index (χ1n) is 12.8. The zero-order valence-corrected chi connectivity index (χ0v) is 22.7. The lowest BCUT2D eigenvalue weighted by Crippen LogP contribution is -2.42. The van der Waals surface area contributed by atoms with Crippen molar-refractivity contribution in [3.8, 4) is 0 Å². The molecule has 1 fully saturated rings. The summed E-state index contributed by atoms with van der Waals surface area (Å²) in [5.74, 6) is 0. The molecule has 0 amide bonds. The molecule has 0 unspecified atom stereocenters. The molecule has 1 spiro atoms. The van der Waals surface area contributed by atoms with Crippen LogP contribution in [0.15, 0.2) is 64.8 Å². The highest BCUT2D eigenvalue weighted by atomic mass is 35.5. The molecule has 0 atom stereocenters. The molecular formula is C29H33ClN4O4. The van der Waals surface area contributed by atoms with Crippen LogP contribution < -0.4 is 5.56 Å². The highest BCUT2D eigenvalue weighted by molar-refractivity contribution is 6.30. The Morgan fingerprint density at radius 1 is 1.21 bits per heavy atom. The van der Waals surface area contributed by atoms with Gasteiger partial charge in [-0.1, -0.05) is 41.0 Å². The number of aromatic nitrogens is 2. The lowest BCUT2D eigenvalue weighted by molar-refractivity contribution is -0.0799. The van der Waals surface area contributed by atoms with E-state index in [0.717, 1.165) is 49.2 Å². The minimum absolute atomic E-state index is 0.0123. The molecule has 0 radical (unpaired) electrons. The van der Waals surface area contributed by atoms with Gasteiger partial charge in [-0.3, -0.25) is 14.7 Å². The molecule has 1 aromatic carbocycles. The summed E-state index contributed by atoms with van der Waals surface area (Å²) in [7, 11) is 1.78. The number of aliphatic hydroxyl groups is 1. The van der Waals surface area contributed by atoms with Crippen LogP contribution in [-0.4, -0.2) is 50.6 Å². The highest BCUT2D eigenvalue weighted by Crippen LogP contribution is 2.43. The third-order valence-electron chi connectivity index (χ3n) is 7.15. The summed E-state index contributed by atoms with van der Waals surface area (Å²) < 4.78 is 7.89.